The largest absolute Gasteiger partial charge is 0.350 e. The van der Waals surface area contributed by atoms with Crippen LogP contribution in [0.15, 0.2) is 84.4 Å². The lowest BCUT2D eigenvalue weighted by atomic mass is 10.1. The monoisotopic (exact) mass is 447 g/mol. The molecule has 160 valence electrons. The molecule has 0 aliphatic rings. The molecule has 0 unspecified atom stereocenters. The molecule has 0 aliphatic carbocycles. The fraction of sp³-hybridized carbons (Fsp3) is 0.0870. The number of nitrogens with one attached hydrogen (secondary N) is 1. The van der Waals surface area contributed by atoms with Crippen LogP contribution in [0.25, 0.3) is 0 Å². The number of rotatable bonds is 7. The van der Waals surface area contributed by atoms with E-state index < -0.39 is 23.7 Å². The number of carbonyl (C=O) groups excluding carboxylic acids is 2. The molecule has 0 fully saturated rings. The summed E-state index contributed by atoms with van der Waals surface area (Å²) in [5.74, 6) is -1.82. The van der Waals surface area contributed by atoms with Crippen molar-refractivity contribution in [1.82, 2.24) is 19.9 Å². The Labute approximate surface area is 187 Å². The van der Waals surface area contributed by atoms with E-state index in [1.165, 1.54) is 29.8 Å². The number of hydrogen-bond acceptors (Lipinski definition) is 6. The molecule has 1 N–H and O–H groups in total. The first kappa shape index (κ1) is 21.3. The zero-order chi connectivity index (χ0) is 22.3. The van der Waals surface area contributed by atoms with Crippen molar-refractivity contribution in [3.63, 3.8) is 0 Å². The average molecular weight is 447 g/mol. The van der Waals surface area contributed by atoms with Crippen molar-refractivity contribution in [2.75, 3.05) is 4.90 Å². The number of amides is 2. The zero-order valence-electron chi connectivity index (χ0n) is 16.8. The summed E-state index contributed by atoms with van der Waals surface area (Å²) in [5, 5.41) is 8.11. The second-order valence-electron chi connectivity index (χ2n) is 6.78. The second-order valence-corrected chi connectivity index (χ2v) is 7.39. The highest BCUT2D eigenvalue weighted by atomic mass is 32.1. The van der Waals surface area contributed by atoms with Gasteiger partial charge in [-0.2, -0.15) is 0 Å². The molecule has 32 heavy (non-hydrogen) atoms. The van der Waals surface area contributed by atoms with Gasteiger partial charge < -0.3 is 5.32 Å². The van der Waals surface area contributed by atoms with Crippen molar-refractivity contribution in [1.29, 1.82) is 0 Å². The van der Waals surface area contributed by atoms with Crippen molar-refractivity contribution in [3.8, 4) is 0 Å². The molecule has 0 spiro atoms. The van der Waals surface area contributed by atoms with E-state index in [1.807, 2.05) is 30.3 Å². The highest BCUT2D eigenvalue weighted by molar-refractivity contribution is 7.03. The number of halogens is 1. The van der Waals surface area contributed by atoms with E-state index in [4.69, 9.17) is 0 Å². The van der Waals surface area contributed by atoms with Gasteiger partial charge >= 0.3 is 0 Å². The van der Waals surface area contributed by atoms with Crippen molar-refractivity contribution in [2.45, 2.75) is 12.6 Å². The Morgan fingerprint density at radius 1 is 1.00 bits per heavy atom. The van der Waals surface area contributed by atoms with Crippen LogP contribution < -0.4 is 10.2 Å². The first-order chi connectivity index (χ1) is 15.6. The van der Waals surface area contributed by atoms with Gasteiger partial charge in [0.05, 0.1) is 11.4 Å². The molecule has 4 rings (SSSR count). The molecule has 0 radical (unpaired) electrons. The molecule has 4 aromatic rings. The Morgan fingerprint density at radius 3 is 2.44 bits per heavy atom. The lowest BCUT2D eigenvalue weighted by Gasteiger charge is -2.30. The lowest BCUT2D eigenvalue weighted by molar-refractivity contribution is -0.122. The summed E-state index contributed by atoms with van der Waals surface area (Å²) >= 11 is 0.990. The summed E-state index contributed by atoms with van der Waals surface area (Å²) < 4.78 is 18.6. The predicted octanol–water partition coefficient (Wildman–Crippen LogP) is 3.78. The van der Waals surface area contributed by atoms with Crippen LogP contribution in [0.5, 0.6) is 0 Å². The summed E-state index contributed by atoms with van der Waals surface area (Å²) in [7, 11) is 0. The minimum absolute atomic E-state index is 0.00930. The van der Waals surface area contributed by atoms with Gasteiger partial charge in [0, 0.05) is 18.1 Å². The average Bonchev–Trinajstić information content (AvgIpc) is 3.38. The number of aromatic nitrogens is 3. The first-order valence-electron chi connectivity index (χ1n) is 9.73. The van der Waals surface area contributed by atoms with Gasteiger partial charge in [0.2, 0.25) is 5.91 Å². The number of benzene rings is 2. The lowest BCUT2D eigenvalue weighted by Crippen LogP contribution is -2.44. The van der Waals surface area contributed by atoms with E-state index in [-0.39, 0.29) is 23.6 Å². The zero-order valence-corrected chi connectivity index (χ0v) is 17.6. The fourth-order valence-corrected chi connectivity index (χ4v) is 3.63. The molecule has 2 aromatic carbocycles. The van der Waals surface area contributed by atoms with Gasteiger partial charge in [-0.25, -0.2) is 4.39 Å². The van der Waals surface area contributed by atoms with E-state index in [9.17, 15) is 14.0 Å². The van der Waals surface area contributed by atoms with Crippen LogP contribution in [0, 0.1) is 5.82 Å². The highest BCUT2D eigenvalue weighted by Gasteiger charge is 2.36. The highest BCUT2D eigenvalue weighted by Crippen LogP contribution is 2.30. The second kappa shape index (κ2) is 9.88. The van der Waals surface area contributed by atoms with Gasteiger partial charge in [-0.1, -0.05) is 53.0 Å². The maximum Gasteiger partial charge on any atom is 0.280 e. The summed E-state index contributed by atoms with van der Waals surface area (Å²) in [6.45, 7) is 0.237. The smallest absolute Gasteiger partial charge is 0.280 e. The predicted molar refractivity (Wildman–Crippen MR) is 118 cm³/mol. The fourth-order valence-electron chi connectivity index (χ4n) is 3.20. The number of carbonyl (C=O) groups is 2. The van der Waals surface area contributed by atoms with Crippen LogP contribution in [0.1, 0.15) is 27.8 Å². The Hall–Kier alpha value is -3.98. The van der Waals surface area contributed by atoms with Crippen LogP contribution in [-0.2, 0) is 11.3 Å². The topological polar surface area (TPSA) is 88.1 Å². The Bertz CT molecular complexity index is 1190. The quantitative estimate of drug-likeness (QED) is 0.466. The van der Waals surface area contributed by atoms with Gasteiger partial charge in [-0.15, -0.1) is 5.10 Å². The molecule has 2 aromatic heterocycles. The summed E-state index contributed by atoms with van der Waals surface area (Å²) in [6.07, 6.45) is 1.52. The van der Waals surface area contributed by atoms with E-state index in [0.717, 1.165) is 22.0 Å². The van der Waals surface area contributed by atoms with Crippen molar-refractivity contribution >= 4 is 29.0 Å². The number of hydrogen-bond donors (Lipinski definition) is 1. The van der Waals surface area contributed by atoms with Crippen molar-refractivity contribution < 1.29 is 14.0 Å². The number of para-hydroxylation sites is 1. The van der Waals surface area contributed by atoms with Crippen molar-refractivity contribution in [2.24, 2.45) is 0 Å². The molecule has 2 heterocycles. The third kappa shape index (κ3) is 4.68. The number of nitrogens with zero attached hydrogens (tertiary/aromatic N) is 4. The van der Waals surface area contributed by atoms with E-state index >= 15 is 0 Å². The minimum Gasteiger partial charge on any atom is -0.350 e. The number of anilines is 1. The maximum atomic E-state index is 14.9. The molecule has 0 saturated heterocycles. The van der Waals surface area contributed by atoms with E-state index in [0.29, 0.717) is 0 Å². The van der Waals surface area contributed by atoms with Crippen LogP contribution in [-0.4, -0.2) is 26.4 Å². The Kier molecular flexibility index (Phi) is 6.57. The van der Waals surface area contributed by atoms with E-state index in [1.54, 1.807) is 24.3 Å². The van der Waals surface area contributed by atoms with Crippen LogP contribution in [0.3, 0.4) is 0 Å². The molecular formula is C23H18FN5O2S. The van der Waals surface area contributed by atoms with E-state index in [2.05, 4.69) is 19.9 Å². The summed E-state index contributed by atoms with van der Waals surface area (Å²) in [6, 6.07) is 18.9. The number of pyridine rings is 1. The van der Waals surface area contributed by atoms with Crippen LogP contribution >= 0.6 is 11.5 Å². The standard InChI is InChI=1S/C23H18FN5O2S/c24-17-10-4-5-12-20(17)29(23(31)19-15-32-28-27-19)21(18-11-6-7-13-25-18)22(30)26-14-16-8-2-1-3-9-16/h1-13,15,21H,14H2,(H,26,30)/t21-/m1/s1. The molecule has 0 bridgehead atoms. The molecule has 1 atom stereocenters. The molecule has 9 heteroatoms. The Balaban J connectivity index is 1.77. The van der Waals surface area contributed by atoms with Gasteiger partial charge in [-0.3, -0.25) is 19.5 Å². The van der Waals surface area contributed by atoms with Crippen LogP contribution in [0.2, 0.25) is 0 Å². The molecule has 0 aliphatic heterocycles. The van der Waals surface area contributed by atoms with Crippen LogP contribution in [0.4, 0.5) is 10.1 Å². The minimum atomic E-state index is -1.23. The summed E-state index contributed by atoms with van der Waals surface area (Å²) in [4.78, 5) is 32.2. The molecular weight excluding hydrogens is 429 g/mol. The molecule has 7 nitrogen and oxygen atoms in total. The molecule has 2 amide bonds. The summed E-state index contributed by atoms with van der Waals surface area (Å²) in [5.41, 5.74) is 1.12. The normalized spacial score (nSPS) is 11.5. The van der Waals surface area contributed by atoms with Gasteiger partial charge in [0.1, 0.15) is 5.82 Å². The molecule has 0 saturated carbocycles. The SMILES string of the molecule is O=C(NCc1ccccc1)[C@@H](c1ccccn1)N(C(=O)c1csnn1)c1ccccc1F. The van der Waals surface area contributed by atoms with Gasteiger partial charge in [0.15, 0.2) is 11.7 Å². The first-order valence-corrected chi connectivity index (χ1v) is 10.6. The third-order valence-electron chi connectivity index (χ3n) is 4.69. The maximum absolute atomic E-state index is 14.9. The van der Waals surface area contributed by atoms with Gasteiger partial charge in [-0.05, 0) is 41.4 Å². The van der Waals surface area contributed by atoms with Crippen molar-refractivity contribution in [3.05, 3.63) is 107 Å². The third-order valence-corrected chi connectivity index (χ3v) is 5.20. The Morgan fingerprint density at radius 2 is 1.75 bits per heavy atom. The van der Waals surface area contributed by atoms with Gasteiger partial charge in [0.25, 0.3) is 5.91 Å².